The summed E-state index contributed by atoms with van der Waals surface area (Å²) >= 11 is 0. The molecule has 5 heteroatoms. The number of benzene rings is 1. The molecule has 1 aromatic rings. The van der Waals surface area contributed by atoms with Crippen LogP contribution in [0.25, 0.3) is 0 Å². The fourth-order valence-electron chi connectivity index (χ4n) is 2.90. The summed E-state index contributed by atoms with van der Waals surface area (Å²) in [4.78, 5) is 13.9. The average Bonchev–Trinajstić information content (AvgIpc) is 2.50. The third-order valence-electron chi connectivity index (χ3n) is 4.18. The van der Waals surface area contributed by atoms with E-state index in [4.69, 9.17) is 4.74 Å². The van der Waals surface area contributed by atoms with Gasteiger partial charge in [-0.15, -0.1) is 5.06 Å². The Bertz CT molecular complexity index is 566. The number of anilines is 1. The minimum atomic E-state index is -0.422. The van der Waals surface area contributed by atoms with Gasteiger partial charge in [-0.25, -0.2) is 0 Å². The lowest BCUT2D eigenvalue weighted by atomic mass is 10.00. The fraction of sp³-hybridized carbons (Fsp3) is 0.611. The van der Waals surface area contributed by atoms with Crippen LogP contribution in [0.3, 0.4) is 0 Å². The molecule has 5 nitrogen and oxygen atoms in total. The second kappa shape index (κ2) is 6.89. The minimum Gasteiger partial charge on any atom is -0.473 e. The topological polar surface area (TPSA) is 53.0 Å². The Hall–Kier alpha value is -1.59. The van der Waals surface area contributed by atoms with E-state index in [2.05, 4.69) is 0 Å². The Labute approximate surface area is 138 Å². The van der Waals surface area contributed by atoms with Gasteiger partial charge in [-0.05, 0) is 52.7 Å². The largest absolute Gasteiger partial charge is 0.473 e. The van der Waals surface area contributed by atoms with Gasteiger partial charge in [-0.3, -0.25) is 4.79 Å². The Morgan fingerprint density at radius 1 is 1.30 bits per heavy atom. The van der Waals surface area contributed by atoms with Crippen molar-refractivity contribution in [3.05, 3.63) is 23.8 Å². The highest BCUT2D eigenvalue weighted by atomic mass is 16.6. The van der Waals surface area contributed by atoms with Gasteiger partial charge in [0.2, 0.25) is 5.91 Å². The molecule has 0 aliphatic carbocycles. The number of hydrogen-bond acceptors (Lipinski definition) is 4. The first-order chi connectivity index (χ1) is 10.8. The standard InChI is InChI=1S/C18H28N2O3/c1-6-17(20(22)18(3,4)5)23-15-10-8-9-14-13(15)11-12-16(21)19(14)7-2/h8-10,17,22H,6-7,11-12H2,1-5H3. The van der Waals surface area contributed by atoms with Gasteiger partial charge in [0.1, 0.15) is 5.75 Å². The molecule has 1 aliphatic rings. The minimum absolute atomic E-state index is 0.155. The van der Waals surface area contributed by atoms with E-state index in [1.54, 1.807) is 4.90 Å². The molecule has 0 spiro atoms. The Kier molecular flexibility index (Phi) is 5.32. The monoisotopic (exact) mass is 320 g/mol. The Morgan fingerprint density at radius 2 is 2.00 bits per heavy atom. The van der Waals surface area contributed by atoms with Crippen molar-refractivity contribution in [3.8, 4) is 5.75 Å². The summed E-state index contributed by atoms with van der Waals surface area (Å²) in [6.45, 7) is 10.4. The van der Waals surface area contributed by atoms with Crippen molar-refractivity contribution in [2.45, 2.75) is 65.6 Å². The van der Waals surface area contributed by atoms with Crippen molar-refractivity contribution in [2.24, 2.45) is 0 Å². The molecule has 1 N–H and O–H groups in total. The maximum atomic E-state index is 12.1. The molecule has 0 radical (unpaired) electrons. The third kappa shape index (κ3) is 3.67. The number of hydroxylamine groups is 2. The summed E-state index contributed by atoms with van der Waals surface area (Å²) in [5.74, 6) is 0.909. The average molecular weight is 320 g/mol. The van der Waals surface area contributed by atoms with Crippen molar-refractivity contribution >= 4 is 11.6 Å². The maximum Gasteiger partial charge on any atom is 0.227 e. The quantitative estimate of drug-likeness (QED) is 0.665. The fourth-order valence-corrected chi connectivity index (χ4v) is 2.90. The van der Waals surface area contributed by atoms with Crippen LogP contribution in [0, 0.1) is 0 Å². The Balaban J connectivity index is 2.31. The van der Waals surface area contributed by atoms with E-state index in [1.807, 2.05) is 52.8 Å². The molecule has 0 fully saturated rings. The van der Waals surface area contributed by atoms with Gasteiger partial charge in [-0.2, -0.15) is 0 Å². The highest BCUT2D eigenvalue weighted by Gasteiger charge is 2.30. The van der Waals surface area contributed by atoms with Gasteiger partial charge in [0, 0.05) is 24.1 Å². The molecule has 1 unspecified atom stereocenters. The molecule has 2 rings (SSSR count). The lowest BCUT2D eigenvalue weighted by Crippen LogP contribution is -2.48. The molecule has 0 bridgehead atoms. The first-order valence-electron chi connectivity index (χ1n) is 8.36. The van der Waals surface area contributed by atoms with Crippen LogP contribution >= 0.6 is 0 Å². The van der Waals surface area contributed by atoms with Crippen molar-refractivity contribution in [1.82, 2.24) is 5.06 Å². The first kappa shape index (κ1) is 17.8. The van der Waals surface area contributed by atoms with Gasteiger partial charge in [0.05, 0.1) is 5.69 Å². The normalized spacial score (nSPS) is 16.5. The van der Waals surface area contributed by atoms with E-state index in [9.17, 15) is 10.0 Å². The summed E-state index contributed by atoms with van der Waals surface area (Å²) < 4.78 is 6.12. The summed E-state index contributed by atoms with van der Waals surface area (Å²) in [6.07, 6.45) is 1.42. The molecular formula is C18H28N2O3. The Morgan fingerprint density at radius 3 is 2.57 bits per heavy atom. The van der Waals surface area contributed by atoms with Crippen LogP contribution in [-0.2, 0) is 11.2 Å². The van der Waals surface area contributed by atoms with Crippen LogP contribution in [0.15, 0.2) is 18.2 Å². The molecule has 0 saturated carbocycles. The van der Waals surface area contributed by atoms with Crippen LogP contribution in [0.4, 0.5) is 5.69 Å². The zero-order valence-corrected chi connectivity index (χ0v) is 14.8. The van der Waals surface area contributed by atoms with Crippen LogP contribution in [0.1, 0.15) is 53.0 Å². The molecule has 128 valence electrons. The second-order valence-corrected chi connectivity index (χ2v) is 6.89. The number of carbonyl (C=O) groups excluding carboxylic acids is 1. The predicted molar refractivity (Wildman–Crippen MR) is 90.9 cm³/mol. The predicted octanol–water partition coefficient (Wildman–Crippen LogP) is 3.59. The smallest absolute Gasteiger partial charge is 0.227 e. The van der Waals surface area contributed by atoms with E-state index in [0.29, 0.717) is 25.8 Å². The lowest BCUT2D eigenvalue weighted by molar-refractivity contribution is -0.235. The van der Waals surface area contributed by atoms with Gasteiger partial charge >= 0.3 is 0 Å². The molecule has 0 saturated heterocycles. The van der Waals surface area contributed by atoms with Gasteiger partial charge in [0.15, 0.2) is 6.23 Å². The van der Waals surface area contributed by atoms with E-state index < -0.39 is 11.8 Å². The van der Waals surface area contributed by atoms with Crippen molar-refractivity contribution < 1.29 is 14.7 Å². The van der Waals surface area contributed by atoms with Crippen molar-refractivity contribution in [1.29, 1.82) is 0 Å². The third-order valence-corrected chi connectivity index (χ3v) is 4.18. The van der Waals surface area contributed by atoms with Gasteiger partial charge in [-0.1, -0.05) is 13.0 Å². The summed E-state index contributed by atoms with van der Waals surface area (Å²) in [5.41, 5.74) is 1.58. The second-order valence-electron chi connectivity index (χ2n) is 6.89. The molecule has 1 aromatic carbocycles. The number of hydrogen-bond donors (Lipinski definition) is 1. The first-order valence-corrected chi connectivity index (χ1v) is 8.36. The zero-order chi connectivity index (χ0) is 17.2. The van der Waals surface area contributed by atoms with Crippen molar-refractivity contribution in [2.75, 3.05) is 11.4 Å². The molecule has 1 amide bonds. The van der Waals surface area contributed by atoms with E-state index >= 15 is 0 Å². The van der Waals surface area contributed by atoms with Crippen LogP contribution in [0.5, 0.6) is 5.75 Å². The molecule has 0 aromatic heterocycles. The molecule has 1 heterocycles. The summed E-state index contributed by atoms with van der Waals surface area (Å²) in [7, 11) is 0. The number of amides is 1. The molecule has 1 atom stereocenters. The lowest BCUT2D eigenvalue weighted by Gasteiger charge is -2.37. The SMILES string of the molecule is CCC(Oc1cccc2c1CCC(=O)N2CC)N(O)C(C)(C)C. The van der Waals surface area contributed by atoms with Gasteiger partial charge < -0.3 is 14.8 Å². The number of nitrogens with zero attached hydrogens (tertiary/aromatic N) is 2. The van der Waals surface area contributed by atoms with Gasteiger partial charge in [0.25, 0.3) is 0 Å². The van der Waals surface area contributed by atoms with Crippen LogP contribution < -0.4 is 9.64 Å². The van der Waals surface area contributed by atoms with Crippen molar-refractivity contribution in [3.63, 3.8) is 0 Å². The number of fused-ring (bicyclic) bond motifs is 1. The number of carbonyl (C=O) groups is 1. The highest BCUT2D eigenvalue weighted by molar-refractivity contribution is 5.96. The summed E-state index contributed by atoms with van der Waals surface area (Å²) in [5, 5.41) is 11.7. The van der Waals surface area contributed by atoms with E-state index in [-0.39, 0.29) is 5.91 Å². The number of ether oxygens (including phenoxy) is 1. The van der Waals surface area contributed by atoms with E-state index in [0.717, 1.165) is 17.0 Å². The van der Waals surface area contributed by atoms with Crippen LogP contribution in [-0.4, -0.2) is 34.5 Å². The molecular weight excluding hydrogens is 292 g/mol. The zero-order valence-electron chi connectivity index (χ0n) is 14.8. The van der Waals surface area contributed by atoms with E-state index in [1.165, 1.54) is 5.06 Å². The summed E-state index contributed by atoms with van der Waals surface area (Å²) in [6, 6.07) is 5.78. The molecule has 23 heavy (non-hydrogen) atoms. The maximum absolute atomic E-state index is 12.1. The highest BCUT2D eigenvalue weighted by Crippen LogP contribution is 2.35. The van der Waals surface area contributed by atoms with Crippen LogP contribution in [0.2, 0.25) is 0 Å². The molecule has 1 aliphatic heterocycles. The number of rotatable bonds is 5.